The molecule has 0 bridgehead atoms. The molecule has 0 aliphatic heterocycles. The van der Waals surface area contributed by atoms with E-state index in [2.05, 4.69) is 10.3 Å². The second kappa shape index (κ2) is 7.49. The van der Waals surface area contributed by atoms with Gasteiger partial charge in [0.1, 0.15) is 11.9 Å². The van der Waals surface area contributed by atoms with Gasteiger partial charge in [-0.1, -0.05) is 24.3 Å². The Balaban J connectivity index is 1.66. The molecule has 2 atom stereocenters. The summed E-state index contributed by atoms with van der Waals surface area (Å²) in [6, 6.07) is 12.9. The molecule has 1 heterocycles. The number of likely N-dealkylation sites (N-methyl/N-ethyl adjacent to an activating group) is 1. The van der Waals surface area contributed by atoms with Crippen molar-refractivity contribution in [3.63, 3.8) is 0 Å². The van der Waals surface area contributed by atoms with Crippen LogP contribution in [-0.2, 0) is 4.79 Å². The van der Waals surface area contributed by atoms with Crippen LogP contribution in [-0.4, -0.2) is 36.3 Å². The molecule has 0 radical (unpaired) electrons. The zero-order chi connectivity index (χ0) is 18.7. The van der Waals surface area contributed by atoms with Crippen molar-refractivity contribution in [2.75, 3.05) is 18.9 Å². The van der Waals surface area contributed by atoms with Gasteiger partial charge in [0.15, 0.2) is 6.54 Å². The summed E-state index contributed by atoms with van der Waals surface area (Å²) < 4.78 is 13.2. The van der Waals surface area contributed by atoms with Crippen LogP contribution in [0.2, 0.25) is 0 Å². The Morgan fingerprint density at radius 1 is 1.19 bits per heavy atom. The van der Waals surface area contributed by atoms with Crippen LogP contribution < -0.4 is 10.2 Å². The topological polar surface area (TPSA) is 66.4 Å². The van der Waals surface area contributed by atoms with E-state index in [4.69, 9.17) is 0 Å². The quantitative estimate of drug-likeness (QED) is 0.593. The number of quaternary nitrogens is 1. The molecule has 0 spiro atoms. The van der Waals surface area contributed by atoms with Crippen LogP contribution in [0.5, 0.6) is 0 Å². The van der Waals surface area contributed by atoms with Crippen molar-refractivity contribution in [2.24, 2.45) is 0 Å². The minimum absolute atomic E-state index is 0.0292. The van der Waals surface area contributed by atoms with Gasteiger partial charge in [0.05, 0.1) is 7.05 Å². The lowest BCUT2D eigenvalue weighted by atomic mass is 10.0. The van der Waals surface area contributed by atoms with E-state index >= 15 is 0 Å². The standard InChI is InChI=1S/C20H20FN3O2/c1-13(20(26)17-11-22-18-9-4-3-8-16(17)18)24(2)12-19(25)23-15-7-5-6-14(21)10-15/h3-11,13,22H,12H2,1-2H3,(H,23,25)/p+1/t13-/m0/s1. The number of carbonyl (C=O) groups is 2. The summed E-state index contributed by atoms with van der Waals surface area (Å²) in [5.41, 5.74) is 1.93. The Morgan fingerprint density at radius 3 is 2.73 bits per heavy atom. The average molecular weight is 354 g/mol. The van der Waals surface area contributed by atoms with Crippen molar-refractivity contribution >= 4 is 28.3 Å². The molecule has 6 heteroatoms. The third-order valence-corrected chi connectivity index (χ3v) is 4.53. The normalized spacial score (nSPS) is 13.3. The monoisotopic (exact) mass is 354 g/mol. The number of ketones is 1. The van der Waals surface area contributed by atoms with Gasteiger partial charge in [-0.15, -0.1) is 0 Å². The molecule has 1 unspecified atom stereocenters. The van der Waals surface area contributed by atoms with Gasteiger partial charge in [0.2, 0.25) is 5.78 Å². The van der Waals surface area contributed by atoms with E-state index in [9.17, 15) is 14.0 Å². The zero-order valence-corrected chi connectivity index (χ0v) is 14.7. The van der Waals surface area contributed by atoms with Crippen molar-refractivity contribution in [3.8, 4) is 0 Å². The third-order valence-electron chi connectivity index (χ3n) is 4.53. The molecular formula is C20H21FN3O2+. The van der Waals surface area contributed by atoms with Crippen LogP contribution in [0, 0.1) is 5.82 Å². The van der Waals surface area contributed by atoms with Gasteiger partial charge in [-0.2, -0.15) is 0 Å². The maximum absolute atomic E-state index is 13.2. The first-order valence-corrected chi connectivity index (χ1v) is 8.44. The van der Waals surface area contributed by atoms with Crippen LogP contribution in [0.4, 0.5) is 10.1 Å². The van der Waals surface area contributed by atoms with Gasteiger partial charge in [-0.3, -0.25) is 9.59 Å². The molecular weight excluding hydrogens is 333 g/mol. The van der Waals surface area contributed by atoms with Crippen molar-refractivity contribution in [3.05, 3.63) is 66.1 Å². The number of anilines is 1. The maximum atomic E-state index is 13.2. The number of carbonyl (C=O) groups excluding carboxylic acids is 2. The molecule has 0 fully saturated rings. The minimum atomic E-state index is -0.411. The number of Topliss-reactive ketones (excluding diaryl/α,β-unsaturated/α-hetero) is 1. The number of aromatic amines is 1. The van der Waals surface area contributed by atoms with Crippen molar-refractivity contribution < 1.29 is 18.9 Å². The molecule has 0 aliphatic rings. The first-order chi connectivity index (χ1) is 12.5. The smallest absolute Gasteiger partial charge is 0.279 e. The fourth-order valence-corrected chi connectivity index (χ4v) is 2.91. The molecule has 3 N–H and O–H groups in total. The third kappa shape index (κ3) is 3.81. The van der Waals surface area contributed by atoms with E-state index in [1.54, 1.807) is 26.2 Å². The number of hydrogen-bond acceptors (Lipinski definition) is 2. The number of halogens is 1. The van der Waals surface area contributed by atoms with E-state index in [0.29, 0.717) is 11.3 Å². The predicted octanol–water partition coefficient (Wildman–Crippen LogP) is 2.03. The fraction of sp³-hybridized carbons (Fsp3) is 0.200. The van der Waals surface area contributed by atoms with Gasteiger partial charge < -0.3 is 15.2 Å². The molecule has 0 aliphatic carbocycles. The van der Waals surface area contributed by atoms with E-state index < -0.39 is 11.9 Å². The first kappa shape index (κ1) is 17.8. The molecule has 3 rings (SSSR count). The number of hydrogen-bond donors (Lipinski definition) is 3. The predicted molar refractivity (Wildman–Crippen MR) is 98.9 cm³/mol. The number of nitrogens with one attached hydrogen (secondary N) is 3. The van der Waals surface area contributed by atoms with Crippen LogP contribution in [0.15, 0.2) is 54.7 Å². The molecule has 5 nitrogen and oxygen atoms in total. The van der Waals surface area contributed by atoms with Crippen LogP contribution in [0.25, 0.3) is 10.9 Å². The summed E-state index contributed by atoms with van der Waals surface area (Å²) in [6.45, 7) is 1.90. The van der Waals surface area contributed by atoms with E-state index in [1.165, 1.54) is 18.2 Å². The zero-order valence-electron chi connectivity index (χ0n) is 14.7. The number of fused-ring (bicyclic) bond motifs is 1. The second-order valence-electron chi connectivity index (χ2n) is 6.42. The molecule has 0 saturated heterocycles. The van der Waals surface area contributed by atoms with Crippen molar-refractivity contribution in [2.45, 2.75) is 13.0 Å². The van der Waals surface area contributed by atoms with Gasteiger partial charge in [-0.05, 0) is 31.2 Å². The lowest BCUT2D eigenvalue weighted by Gasteiger charge is -2.20. The van der Waals surface area contributed by atoms with Crippen molar-refractivity contribution in [1.29, 1.82) is 0 Å². The molecule has 26 heavy (non-hydrogen) atoms. The molecule has 1 aromatic heterocycles. The number of amides is 1. The number of aromatic nitrogens is 1. The summed E-state index contributed by atoms with van der Waals surface area (Å²) in [4.78, 5) is 28.9. The Bertz CT molecular complexity index is 951. The molecule has 1 amide bonds. The van der Waals surface area contributed by atoms with Gasteiger partial charge in [-0.25, -0.2) is 4.39 Å². The van der Waals surface area contributed by atoms with Crippen LogP contribution >= 0.6 is 0 Å². The summed E-state index contributed by atoms with van der Waals surface area (Å²) in [5.74, 6) is -0.712. The number of rotatable bonds is 6. The second-order valence-corrected chi connectivity index (χ2v) is 6.42. The molecule has 2 aromatic carbocycles. The lowest BCUT2D eigenvalue weighted by molar-refractivity contribution is -0.885. The highest BCUT2D eigenvalue weighted by molar-refractivity contribution is 6.09. The maximum Gasteiger partial charge on any atom is 0.279 e. The number of para-hydroxylation sites is 1. The van der Waals surface area contributed by atoms with E-state index in [1.807, 2.05) is 24.3 Å². The highest BCUT2D eigenvalue weighted by Crippen LogP contribution is 2.18. The minimum Gasteiger partial charge on any atom is -0.360 e. The largest absolute Gasteiger partial charge is 0.360 e. The summed E-state index contributed by atoms with van der Waals surface area (Å²) in [7, 11) is 1.79. The van der Waals surface area contributed by atoms with E-state index in [-0.39, 0.29) is 18.2 Å². The fourth-order valence-electron chi connectivity index (χ4n) is 2.91. The summed E-state index contributed by atoms with van der Waals surface area (Å²) in [6.07, 6.45) is 1.71. The lowest BCUT2D eigenvalue weighted by Crippen LogP contribution is -3.14. The highest BCUT2D eigenvalue weighted by atomic mass is 19.1. The SMILES string of the molecule is C[C@@H](C(=O)c1c[nH]c2ccccc12)[NH+](C)CC(=O)Nc1cccc(F)c1. The van der Waals surface area contributed by atoms with Crippen LogP contribution in [0.3, 0.4) is 0 Å². The van der Waals surface area contributed by atoms with Crippen LogP contribution in [0.1, 0.15) is 17.3 Å². The van der Waals surface area contributed by atoms with E-state index in [0.717, 1.165) is 15.8 Å². The average Bonchev–Trinajstić information content (AvgIpc) is 3.04. The Hall–Kier alpha value is -2.99. The first-order valence-electron chi connectivity index (χ1n) is 8.44. The molecule has 134 valence electrons. The van der Waals surface area contributed by atoms with Gasteiger partial charge in [0.25, 0.3) is 5.91 Å². The number of H-pyrrole nitrogens is 1. The summed E-state index contributed by atoms with van der Waals surface area (Å²) >= 11 is 0. The van der Waals surface area contributed by atoms with Gasteiger partial charge >= 0.3 is 0 Å². The van der Waals surface area contributed by atoms with Gasteiger partial charge in [0, 0.05) is 28.4 Å². The highest BCUT2D eigenvalue weighted by Gasteiger charge is 2.26. The Morgan fingerprint density at radius 2 is 1.96 bits per heavy atom. The number of benzene rings is 2. The van der Waals surface area contributed by atoms with Crippen molar-refractivity contribution in [1.82, 2.24) is 4.98 Å². The summed E-state index contributed by atoms with van der Waals surface area (Å²) in [5, 5.41) is 3.53. The molecule has 0 saturated carbocycles. The Labute approximate surface area is 150 Å². The molecule has 3 aromatic rings. The Kier molecular flexibility index (Phi) is 5.14.